The molecule has 0 heterocycles. The molecule has 0 atom stereocenters. The molecule has 2 aromatic carbocycles. The minimum absolute atomic E-state index is 0.0120. The number of hydrogen-bond donors (Lipinski definition) is 1. The lowest BCUT2D eigenvalue weighted by molar-refractivity contribution is -0.274. The molecular formula is C14H8F4N2O. The maximum atomic E-state index is 13.0. The monoisotopic (exact) mass is 296 g/mol. The third kappa shape index (κ3) is 3.86. The second-order valence-electron chi connectivity index (χ2n) is 3.97. The molecule has 3 nitrogen and oxygen atoms in total. The molecule has 0 saturated heterocycles. The summed E-state index contributed by atoms with van der Waals surface area (Å²) in [6.07, 6.45) is -4.83. The van der Waals surface area contributed by atoms with Crippen LogP contribution in [0.5, 0.6) is 5.75 Å². The highest BCUT2D eigenvalue weighted by molar-refractivity contribution is 5.70. The number of hydrogen-bond acceptors (Lipinski definition) is 3. The standard InChI is InChI=1S/C14H8F4N2O/c15-10-5-6-11(9(7-10)8-19)20-12-3-1-2-4-13(12)21-14(16,17)18/h1-7,20H. The van der Waals surface area contributed by atoms with Crippen LogP contribution in [0.1, 0.15) is 5.56 Å². The number of nitriles is 1. The number of nitrogens with one attached hydrogen (secondary N) is 1. The second kappa shape index (κ2) is 5.71. The van der Waals surface area contributed by atoms with Crippen molar-refractivity contribution in [2.45, 2.75) is 6.36 Å². The summed E-state index contributed by atoms with van der Waals surface area (Å²) in [5.41, 5.74) is 0.159. The summed E-state index contributed by atoms with van der Waals surface area (Å²) >= 11 is 0. The van der Waals surface area contributed by atoms with Crippen LogP contribution in [-0.4, -0.2) is 6.36 Å². The summed E-state index contributed by atoms with van der Waals surface area (Å²) in [5, 5.41) is 11.5. The van der Waals surface area contributed by atoms with Crippen LogP contribution in [0.4, 0.5) is 28.9 Å². The Morgan fingerprint density at radius 2 is 1.76 bits per heavy atom. The van der Waals surface area contributed by atoms with Crippen molar-refractivity contribution in [1.29, 1.82) is 5.26 Å². The van der Waals surface area contributed by atoms with Gasteiger partial charge in [0.25, 0.3) is 0 Å². The van der Waals surface area contributed by atoms with Gasteiger partial charge in [0.15, 0.2) is 5.75 Å². The molecular weight excluding hydrogens is 288 g/mol. The van der Waals surface area contributed by atoms with Crippen LogP contribution in [0, 0.1) is 17.1 Å². The molecule has 0 amide bonds. The van der Waals surface area contributed by atoms with Crippen molar-refractivity contribution in [1.82, 2.24) is 0 Å². The molecule has 0 saturated carbocycles. The predicted octanol–water partition coefficient (Wildman–Crippen LogP) is 4.34. The lowest BCUT2D eigenvalue weighted by Crippen LogP contribution is -2.17. The lowest BCUT2D eigenvalue weighted by Gasteiger charge is -2.15. The first-order chi connectivity index (χ1) is 9.89. The van der Waals surface area contributed by atoms with Gasteiger partial charge in [0, 0.05) is 0 Å². The van der Waals surface area contributed by atoms with Crippen LogP contribution in [0.3, 0.4) is 0 Å². The van der Waals surface area contributed by atoms with Gasteiger partial charge >= 0.3 is 6.36 Å². The zero-order valence-corrected chi connectivity index (χ0v) is 10.4. The van der Waals surface area contributed by atoms with Crippen LogP contribution in [0.15, 0.2) is 42.5 Å². The molecule has 7 heteroatoms. The van der Waals surface area contributed by atoms with Gasteiger partial charge in [-0.2, -0.15) is 5.26 Å². The SMILES string of the molecule is N#Cc1cc(F)ccc1Nc1ccccc1OC(F)(F)F. The lowest BCUT2D eigenvalue weighted by atomic mass is 10.1. The molecule has 0 bridgehead atoms. The largest absolute Gasteiger partial charge is 0.573 e. The maximum Gasteiger partial charge on any atom is 0.573 e. The van der Waals surface area contributed by atoms with Gasteiger partial charge in [0.2, 0.25) is 0 Å². The van der Waals surface area contributed by atoms with E-state index < -0.39 is 17.9 Å². The molecule has 0 unspecified atom stereocenters. The van der Waals surface area contributed by atoms with Crippen LogP contribution in [0.2, 0.25) is 0 Å². The summed E-state index contributed by atoms with van der Waals surface area (Å²) in [6.45, 7) is 0. The molecule has 0 aromatic heterocycles. The number of rotatable bonds is 3. The van der Waals surface area contributed by atoms with E-state index in [1.165, 1.54) is 24.3 Å². The number of nitrogens with zero attached hydrogens (tertiary/aromatic N) is 1. The first-order valence-electron chi connectivity index (χ1n) is 5.70. The van der Waals surface area contributed by atoms with E-state index in [9.17, 15) is 17.6 Å². The molecule has 0 aliphatic carbocycles. The number of benzene rings is 2. The minimum Gasteiger partial charge on any atom is -0.404 e. The summed E-state index contributed by atoms with van der Waals surface area (Å²) in [6, 6.07) is 10.5. The smallest absolute Gasteiger partial charge is 0.404 e. The Balaban J connectivity index is 2.35. The molecule has 0 aliphatic heterocycles. The molecule has 0 radical (unpaired) electrons. The second-order valence-corrected chi connectivity index (χ2v) is 3.97. The van der Waals surface area contributed by atoms with Crippen molar-refractivity contribution in [2.75, 3.05) is 5.32 Å². The van der Waals surface area contributed by atoms with Gasteiger partial charge in [-0.1, -0.05) is 12.1 Å². The number of anilines is 2. The quantitative estimate of drug-likeness (QED) is 0.857. The van der Waals surface area contributed by atoms with Crippen LogP contribution in [0.25, 0.3) is 0 Å². The third-order valence-electron chi connectivity index (χ3n) is 2.48. The number of halogens is 4. The molecule has 1 N–H and O–H groups in total. The third-order valence-corrected chi connectivity index (χ3v) is 2.48. The van der Waals surface area contributed by atoms with Gasteiger partial charge in [0.05, 0.1) is 16.9 Å². The van der Waals surface area contributed by atoms with Gasteiger partial charge < -0.3 is 10.1 Å². The van der Waals surface area contributed by atoms with Gasteiger partial charge in [-0.15, -0.1) is 13.2 Å². The van der Waals surface area contributed by atoms with E-state index >= 15 is 0 Å². The van der Waals surface area contributed by atoms with Gasteiger partial charge in [-0.3, -0.25) is 0 Å². The molecule has 108 valence electrons. The Morgan fingerprint density at radius 3 is 2.43 bits per heavy atom. The average Bonchev–Trinajstić information content (AvgIpc) is 2.41. The number of alkyl halides is 3. The van der Waals surface area contributed by atoms with Crippen molar-refractivity contribution in [3.8, 4) is 11.8 Å². The van der Waals surface area contributed by atoms with Crippen molar-refractivity contribution < 1.29 is 22.3 Å². The molecule has 2 aromatic rings. The zero-order chi connectivity index (χ0) is 15.5. The highest BCUT2D eigenvalue weighted by Crippen LogP contribution is 2.32. The van der Waals surface area contributed by atoms with E-state index in [2.05, 4.69) is 10.1 Å². The number of ether oxygens (including phenoxy) is 1. The Morgan fingerprint density at radius 1 is 1.05 bits per heavy atom. The zero-order valence-electron chi connectivity index (χ0n) is 10.4. The topological polar surface area (TPSA) is 45.0 Å². The highest BCUT2D eigenvalue weighted by atomic mass is 19.4. The fourth-order valence-electron chi connectivity index (χ4n) is 1.65. The van der Waals surface area contributed by atoms with Crippen LogP contribution >= 0.6 is 0 Å². The molecule has 2 rings (SSSR count). The fourth-order valence-corrected chi connectivity index (χ4v) is 1.65. The minimum atomic E-state index is -4.83. The Hall–Kier alpha value is -2.75. The van der Waals surface area contributed by atoms with E-state index in [4.69, 9.17) is 5.26 Å². The van der Waals surface area contributed by atoms with Crippen LogP contribution in [-0.2, 0) is 0 Å². The van der Waals surface area contributed by atoms with Gasteiger partial charge in [-0.25, -0.2) is 4.39 Å². The Labute approximate surface area is 117 Å². The van der Waals surface area contributed by atoms with Crippen molar-refractivity contribution in [2.24, 2.45) is 0 Å². The Kier molecular flexibility index (Phi) is 3.98. The fraction of sp³-hybridized carbons (Fsp3) is 0.0714. The molecule has 0 spiro atoms. The first kappa shape index (κ1) is 14.7. The summed E-state index contributed by atoms with van der Waals surface area (Å²) in [4.78, 5) is 0. The summed E-state index contributed by atoms with van der Waals surface area (Å²) in [7, 11) is 0. The highest BCUT2D eigenvalue weighted by Gasteiger charge is 2.32. The predicted molar refractivity (Wildman–Crippen MR) is 67.5 cm³/mol. The van der Waals surface area contributed by atoms with Crippen molar-refractivity contribution in [3.05, 3.63) is 53.8 Å². The molecule has 21 heavy (non-hydrogen) atoms. The van der Waals surface area contributed by atoms with E-state index in [-0.39, 0.29) is 16.9 Å². The summed E-state index contributed by atoms with van der Waals surface area (Å²) in [5.74, 6) is -1.06. The van der Waals surface area contributed by atoms with E-state index in [0.29, 0.717) is 0 Å². The van der Waals surface area contributed by atoms with Crippen LogP contribution < -0.4 is 10.1 Å². The molecule has 0 fully saturated rings. The number of para-hydroxylation sites is 2. The summed E-state index contributed by atoms with van der Waals surface area (Å²) < 4.78 is 53.8. The van der Waals surface area contributed by atoms with E-state index in [1.54, 1.807) is 6.07 Å². The van der Waals surface area contributed by atoms with Gasteiger partial charge in [0.1, 0.15) is 11.9 Å². The first-order valence-corrected chi connectivity index (χ1v) is 5.70. The average molecular weight is 296 g/mol. The van der Waals surface area contributed by atoms with Crippen molar-refractivity contribution in [3.63, 3.8) is 0 Å². The maximum absolute atomic E-state index is 13.0. The normalized spacial score (nSPS) is 10.8. The van der Waals surface area contributed by atoms with E-state index in [0.717, 1.165) is 18.2 Å². The van der Waals surface area contributed by atoms with Gasteiger partial charge in [-0.05, 0) is 30.3 Å². The molecule has 0 aliphatic rings. The van der Waals surface area contributed by atoms with Crippen molar-refractivity contribution >= 4 is 11.4 Å². The Bertz CT molecular complexity index is 692. The van der Waals surface area contributed by atoms with E-state index in [1.807, 2.05) is 0 Å².